The monoisotopic (exact) mass is 727 g/mol. The molecule has 2 atom stereocenters. The van der Waals surface area contributed by atoms with E-state index >= 15 is 0 Å². The molecule has 51 heavy (non-hydrogen) atoms. The number of halogens is 1. The molecule has 2 heterocycles. The molecule has 1 aliphatic rings. The Labute approximate surface area is 306 Å². The van der Waals surface area contributed by atoms with Gasteiger partial charge in [0.05, 0.1) is 29.5 Å². The molecule has 1 fully saturated rings. The first-order valence-corrected chi connectivity index (χ1v) is 19.7. The second-order valence-corrected chi connectivity index (χ2v) is 15.8. The standard InChI is InChI=1S/C41H46ClN3O5S/c1-29-10-9-11-30(2)44(29)25-27-51(48,49)43-24-22-38-37(23-26-50-35-19-16-33(17-20-35)41(46)47)36-21-18-34(42)28-39(36)45(38)40(31-12-5-3-6-13-31)32-14-7-4-8-15-32/h3-8,12-21,28-30,40,43H,9-11,22-27H2,1-2H3,(H,46,47)/t29-,30+. The summed E-state index contributed by atoms with van der Waals surface area (Å²) in [6.45, 7) is 5.45. The number of hydrogen-bond donors (Lipinski definition) is 2. The summed E-state index contributed by atoms with van der Waals surface area (Å²) in [6, 6.07) is 33.4. The summed E-state index contributed by atoms with van der Waals surface area (Å²) >= 11 is 6.68. The Hall–Kier alpha value is -4.15. The number of carboxylic acid groups (broad SMARTS) is 1. The number of ether oxygens (including phenoxy) is 1. The molecule has 8 nitrogen and oxygen atoms in total. The Balaban J connectivity index is 1.35. The lowest BCUT2D eigenvalue weighted by molar-refractivity contribution is 0.0696. The third-order valence-corrected chi connectivity index (χ3v) is 11.7. The molecule has 0 unspecified atom stereocenters. The van der Waals surface area contributed by atoms with Crippen LogP contribution in [0.25, 0.3) is 10.9 Å². The predicted octanol–water partition coefficient (Wildman–Crippen LogP) is 7.98. The van der Waals surface area contributed by atoms with Gasteiger partial charge in [-0.3, -0.25) is 4.90 Å². The van der Waals surface area contributed by atoms with Gasteiger partial charge >= 0.3 is 5.97 Å². The predicted molar refractivity (Wildman–Crippen MR) is 205 cm³/mol. The molecule has 1 saturated heterocycles. The maximum atomic E-state index is 13.4. The van der Waals surface area contributed by atoms with E-state index in [1.165, 1.54) is 18.6 Å². The highest BCUT2D eigenvalue weighted by molar-refractivity contribution is 7.89. The average Bonchev–Trinajstić information content (AvgIpc) is 3.40. The van der Waals surface area contributed by atoms with Gasteiger partial charge in [0.2, 0.25) is 10.0 Å². The smallest absolute Gasteiger partial charge is 0.335 e. The van der Waals surface area contributed by atoms with Crippen LogP contribution in [0.5, 0.6) is 5.75 Å². The minimum Gasteiger partial charge on any atom is -0.493 e. The molecular weight excluding hydrogens is 682 g/mol. The summed E-state index contributed by atoms with van der Waals surface area (Å²) in [4.78, 5) is 13.7. The SMILES string of the molecule is C[C@@H]1CCC[C@H](C)N1CCS(=O)(=O)NCCc1c(CCOc2ccc(C(=O)O)cc2)c2ccc(Cl)cc2n1C(c1ccccc1)c1ccccc1. The van der Waals surface area contributed by atoms with Crippen molar-refractivity contribution in [3.8, 4) is 5.75 Å². The van der Waals surface area contributed by atoms with E-state index in [1.807, 2.05) is 54.6 Å². The van der Waals surface area contributed by atoms with E-state index in [2.05, 4.69) is 52.3 Å². The van der Waals surface area contributed by atoms with Crippen LogP contribution in [0.1, 0.15) is 71.9 Å². The van der Waals surface area contributed by atoms with Gasteiger partial charge in [-0.25, -0.2) is 17.9 Å². The fourth-order valence-electron chi connectivity index (χ4n) is 7.51. The molecule has 4 aromatic carbocycles. The molecule has 0 saturated carbocycles. The van der Waals surface area contributed by atoms with Gasteiger partial charge in [-0.2, -0.15) is 0 Å². The number of nitrogens with one attached hydrogen (secondary N) is 1. The van der Waals surface area contributed by atoms with Gasteiger partial charge in [-0.05, 0) is 79.8 Å². The lowest BCUT2D eigenvalue weighted by Gasteiger charge is -2.38. The van der Waals surface area contributed by atoms with Crippen molar-refractivity contribution in [2.45, 2.75) is 64.1 Å². The highest BCUT2D eigenvalue weighted by atomic mass is 35.5. The molecule has 268 valence electrons. The number of carboxylic acids is 1. The first-order chi connectivity index (χ1) is 24.6. The first-order valence-electron chi connectivity index (χ1n) is 17.7. The molecule has 10 heteroatoms. The molecule has 0 spiro atoms. The normalized spacial score (nSPS) is 16.9. The largest absolute Gasteiger partial charge is 0.493 e. The summed E-state index contributed by atoms with van der Waals surface area (Å²) in [6.07, 6.45) is 4.35. The van der Waals surface area contributed by atoms with E-state index in [4.69, 9.17) is 16.3 Å². The molecule has 1 aliphatic heterocycles. The molecule has 1 aromatic heterocycles. The summed E-state index contributed by atoms with van der Waals surface area (Å²) in [5, 5.41) is 10.9. The van der Waals surface area contributed by atoms with Crippen LogP contribution in [0, 0.1) is 0 Å². The molecule has 0 aliphatic carbocycles. The van der Waals surface area contributed by atoms with Crippen molar-refractivity contribution >= 4 is 38.5 Å². The third kappa shape index (κ3) is 8.84. The maximum Gasteiger partial charge on any atom is 0.335 e. The number of piperidine rings is 1. The van der Waals surface area contributed by atoms with Crippen LogP contribution in [0.3, 0.4) is 0 Å². The zero-order valence-electron chi connectivity index (χ0n) is 29.2. The van der Waals surface area contributed by atoms with Crippen LogP contribution in [-0.4, -0.2) is 66.5 Å². The van der Waals surface area contributed by atoms with E-state index in [1.54, 1.807) is 12.1 Å². The zero-order chi connectivity index (χ0) is 36.0. The summed E-state index contributed by atoms with van der Waals surface area (Å²) in [5.74, 6) is -0.363. The Morgan fingerprint density at radius 2 is 1.53 bits per heavy atom. The minimum absolute atomic E-state index is 0.0539. The molecule has 0 radical (unpaired) electrons. The number of likely N-dealkylation sites (tertiary alicyclic amines) is 1. The fraction of sp³-hybridized carbons (Fsp3) is 0.341. The van der Waals surface area contributed by atoms with Crippen LogP contribution in [0.2, 0.25) is 5.02 Å². The Morgan fingerprint density at radius 1 is 0.902 bits per heavy atom. The van der Waals surface area contributed by atoms with E-state index in [9.17, 15) is 18.3 Å². The third-order valence-electron chi connectivity index (χ3n) is 10.1. The van der Waals surface area contributed by atoms with Crippen molar-refractivity contribution in [3.63, 3.8) is 0 Å². The number of nitrogens with zero attached hydrogens (tertiary/aromatic N) is 2. The summed E-state index contributed by atoms with van der Waals surface area (Å²) in [7, 11) is -3.54. The van der Waals surface area contributed by atoms with E-state index in [0.29, 0.717) is 48.8 Å². The molecule has 6 rings (SSSR count). The van der Waals surface area contributed by atoms with Crippen molar-refractivity contribution in [3.05, 3.63) is 136 Å². The quantitative estimate of drug-likeness (QED) is 0.114. The second-order valence-electron chi connectivity index (χ2n) is 13.4. The van der Waals surface area contributed by atoms with Crippen LogP contribution < -0.4 is 9.46 Å². The summed E-state index contributed by atoms with van der Waals surface area (Å²) < 4.78 is 38.2. The number of rotatable bonds is 15. The minimum atomic E-state index is -3.54. The van der Waals surface area contributed by atoms with E-state index in [0.717, 1.165) is 46.1 Å². The van der Waals surface area contributed by atoms with Crippen molar-refractivity contribution < 1.29 is 23.1 Å². The van der Waals surface area contributed by atoms with Crippen molar-refractivity contribution in [2.75, 3.05) is 25.4 Å². The number of sulfonamides is 1. The molecular formula is C41H46ClN3O5S. The van der Waals surface area contributed by atoms with Crippen LogP contribution in [0.15, 0.2) is 103 Å². The highest BCUT2D eigenvalue weighted by Gasteiger charge is 2.28. The number of benzene rings is 4. The van der Waals surface area contributed by atoms with E-state index in [-0.39, 0.29) is 23.9 Å². The lowest BCUT2D eigenvalue weighted by atomic mass is 9.97. The highest BCUT2D eigenvalue weighted by Crippen LogP contribution is 2.38. The van der Waals surface area contributed by atoms with Gasteiger partial charge in [-0.1, -0.05) is 84.8 Å². The zero-order valence-corrected chi connectivity index (χ0v) is 30.7. The average molecular weight is 728 g/mol. The number of carbonyl (C=O) groups is 1. The lowest BCUT2D eigenvalue weighted by Crippen LogP contribution is -2.46. The topological polar surface area (TPSA) is 101 Å². The Morgan fingerprint density at radius 3 is 2.14 bits per heavy atom. The molecule has 5 aromatic rings. The molecule has 0 bridgehead atoms. The van der Waals surface area contributed by atoms with Gasteiger partial charge < -0.3 is 14.4 Å². The summed E-state index contributed by atoms with van der Waals surface area (Å²) in [5.41, 5.74) is 5.38. The van der Waals surface area contributed by atoms with Crippen LogP contribution >= 0.6 is 11.6 Å². The Kier molecular flexibility index (Phi) is 11.8. The molecule has 2 N–H and O–H groups in total. The van der Waals surface area contributed by atoms with Crippen molar-refractivity contribution in [2.24, 2.45) is 0 Å². The van der Waals surface area contributed by atoms with Gasteiger partial charge in [0.1, 0.15) is 5.75 Å². The number of aromatic carboxylic acids is 1. The fourth-order valence-corrected chi connectivity index (χ4v) is 8.69. The van der Waals surface area contributed by atoms with Crippen molar-refractivity contribution in [1.29, 1.82) is 0 Å². The van der Waals surface area contributed by atoms with Gasteiger partial charge in [0.15, 0.2) is 0 Å². The Bertz CT molecular complexity index is 1990. The number of hydrogen-bond acceptors (Lipinski definition) is 5. The second kappa shape index (κ2) is 16.5. The molecule has 0 amide bonds. The number of aromatic nitrogens is 1. The van der Waals surface area contributed by atoms with Gasteiger partial charge in [0, 0.05) is 54.1 Å². The number of fused-ring (bicyclic) bond motifs is 1. The van der Waals surface area contributed by atoms with Crippen LogP contribution in [0.4, 0.5) is 0 Å². The van der Waals surface area contributed by atoms with Crippen molar-refractivity contribution in [1.82, 2.24) is 14.2 Å². The maximum absolute atomic E-state index is 13.4. The van der Waals surface area contributed by atoms with Crippen LogP contribution in [-0.2, 0) is 22.9 Å². The van der Waals surface area contributed by atoms with Gasteiger partial charge in [0.25, 0.3) is 0 Å². The first kappa shape index (κ1) is 36.6. The van der Waals surface area contributed by atoms with Gasteiger partial charge in [-0.15, -0.1) is 0 Å². The van der Waals surface area contributed by atoms with E-state index < -0.39 is 16.0 Å².